The van der Waals surface area contributed by atoms with Crippen LogP contribution in [0.4, 0.5) is 5.82 Å². The summed E-state index contributed by atoms with van der Waals surface area (Å²) in [7, 11) is 3.28. The molecule has 0 amide bonds. The molecule has 0 spiro atoms. The van der Waals surface area contributed by atoms with E-state index in [4.69, 9.17) is 4.74 Å². The molecule has 0 saturated carbocycles. The largest absolute Gasteiger partial charge is 0.469 e. The Balaban J connectivity index is 1.95. The fourth-order valence-corrected chi connectivity index (χ4v) is 2.80. The first-order valence-corrected chi connectivity index (χ1v) is 6.57. The van der Waals surface area contributed by atoms with Crippen molar-refractivity contribution in [2.75, 3.05) is 25.1 Å². The lowest BCUT2D eigenvalue weighted by Gasteiger charge is -2.17. The molecule has 0 radical (unpaired) electrons. The number of carbonyl (C=O) groups is 1. The van der Waals surface area contributed by atoms with Crippen molar-refractivity contribution in [2.24, 2.45) is 18.9 Å². The van der Waals surface area contributed by atoms with Gasteiger partial charge in [0.2, 0.25) is 0 Å². The van der Waals surface area contributed by atoms with Gasteiger partial charge in [-0.1, -0.05) is 6.92 Å². The number of ether oxygens (including phenoxy) is 1. The minimum atomic E-state index is -0.156. The second-order valence-corrected chi connectivity index (χ2v) is 5.21. The van der Waals surface area contributed by atoms with Gasteiger partial charge in [0.25, 0.3) is 0 Å². The van der Waals surface area contributed by atoms with Crippen LogP contribution in [0.1, 0.15) is 6.92 Å². The Morgan fingerprint density at radius 1 is 1.40 bits per heavy atom. The maximum Gasteiger partial charge on any atom is 0.310 e. The topological polar surface area (TPSA) is 73.1 Å². The van der Waals surface area contributed by atoms with Crippen LogP contribution in [0.25, 0.3) is 11.0 Å². The molecule has 106 valence electrons. The number of rotatable bonds is 2. The summed E-state index contributed by atoms with van der Waals surface area (Å²) in [5.74, 6) is 0.809. The number of fused-ring (bicyclic) bond motifs is 1. The van der Waals surface area contributed by atoms with Gasteiger partial charge < -0.3 is 9.64 Å². The Bertz CT molecular complexity index is 653. The van der Waals surface area contributed by atoms with Crippen molar-refractivity contribution in [3.05, 3.63) is 12.5 Å². The zero-order valence-electron chi connectivity index (χ0n) is 11.8. The molecule has 20 heavy (non-hydrogen) atoms. The van der Waals surface area contributed by atoms with E-state index in [2.05, 4.69) is 26.9 Å². The minimum absolute atomic E-state index is 0.110. The summed E-state index contributed by atoms with van der Waals surface area (Å²) in [6.45, 7) is 3.46. The van der Waals surface area contributed by atoms with Gasteiger partial charge in [-0.05, 0) is 5.92 Å². The molecule has 0 bridgehead atoms. The third-order valence-corrected chi connectivity index (χ3v) is 3.92. The first-order chi connectivity index (χ1) is 9.61. The van der Waals surface area contributed by atoms with Crippen LogP contribution < -0.4 is 4.90 Å². The summed E-state index contributed by atoms with van der Waals surface area (Å²) in [6, 6.07) is 0. The maximum atomic E-state index is 11.8. The van der Waals surface area contributed by atoms with Gasteiger partial charge in [-0.2, -0.15) is 5.10 Å². The van der Waals surface area contributed by atoms with Gasteiger partial charge >= 0.3 is 5.97 Å². The Hall–Kier alpha value is -2.18. The predicted molar refractivity (Wildman–Crippen MR) is 73.2 cm³/mol. The van der Waals surface area contributed by atoms with Crippen molar-refractivity contribution in [3.63, 3.8) is 0 Å². The lowest BCUT2D eigenvalue weighted by molar-refractivity contribution is -0.145. The Morgan fingerprint density at radius 3 is 2.95 bits per heavy atom. The summed E-state index contributed by atoms with van der Waals surface area (Å²) in [5, 5.41) is 5.12. The highest BCUT2D eigenvalue weighted by Gasteiger charge is 2.36. The van der Waals surface area contributed by atoms with Crippen molar-refractivity contribution < 1.29 is 9.53 Å². The third kappa shape index (κ3) is 1.90. The second kappa shape index (κ2) is 4.73. The van der Waals surface area contributed by atoms with E-state index in [1.807, 2.05) is 7.05 Å². The molecule has 7 heteroatoms. The van der Waals surface area contributed by atoms with Crippen molar-refractivity contribution in [3.8, 4) is 0 Å². The molecule has 0 aromatic carbocycles. The molecule has 0 aliphatic carbocycles. The van der Waals surface area contributed by atoms with Crippen molar-refractivity contribution in [2.45, 2.75) is 6.92 Å². The summed E-state index contributed by atoms with van der Waals surface area (Å²) in [5.41, 5.74) is 0.796. The zero-order valence-corrected chi connectivity index (χ0v) is 11.8. The first-order valence-electron chi connectivity index (χ1n) is 6.57. The van der Waals surface area contributed by atoms with E-state index < -0.39 is 0 Å². The molecule has 1 fully saturated rings. The first kappa shape index (κ1) is 12.8. The van der Waals surface area contributed by atoms with Gasteiger partial charge in [0, 0.05) is 20.1 Å². The summed E-state index contributed by atoms with van der Waals surface area (Å²) in [4.78, 5) is 22.5. The molecular weight excluding hydrogens is 258 g/mol. The van der Waals surface area contributed by atoms with Crippen LogP contribution >= 0.6 is 0 Å². The summed E-state index contributed by atoms with van der Waals surface area (Å²) >= 11 is 0. The van der Waals surface area contributed by atoms with Gasteiger partial charge in [-0.25, -0.2) is 9.97 Å². The molecule has 3 rings (SSSR count). The number of nitrogens with zero attached hydrogens (tertiary/aromatic N) is 5. The number of hydrogen-bond donors (Lipinski definition) is 0. The van der Waals surface area contributed by atoms with Crippen LogP contribution in [0.15, 0.2) is 12.5 Å². The van der Waals surface area contributed by atoms with Gasteiger partial charge in [0.1, 0.15) is 12.1 Å². The number of carbonyl (C=O) groups excluding carboxylic acids is 1. The van der Waals surface area contributed by atoms with E-state index in [9.17, 15) is 4.79 Å². The highest BCUT2D eigenvalue weighted by Crippen LogP contribution is 2.31. The number of esters is 1. The SMILES string of the molecule is COC(=O)C1CN(c2ncnc3c2cnn3C)CC1C. The summed E-state index contributed by atoms with van der Waals surface area (Å²) < 4.78 is 6.59. The van der Waals surface area contributed by atoms with E-state index in [1.54, 1.807) is 10.9 Å². The van der Waals surface area contributed by atoms with Crippen molar-refractivity contribution >= 4 is 22.8 Å². The number of anilines is 1. The van der Waals surface area contributed by atoms with E-state index in [0.717, 1.165) is 23.4 Å². The van der Waals surface area contributed by atoms with E-state index in [0.29, 0.717) is 6.54 Å². The maximum absolute atomic E-state index is 11.8. The zero-order chi connectivity index (χ0) is 14.3. The fraction of sp³-hybridized carbons (Fsp3) is 0.538. The van der Waals surface area contributed by atoms with Crippen LogP contribution in [0.5, 0.6) is 0 Å². The van der Waals surface area contributed by atoms with Gasteiger partial charge in [0.15, 0.2) is 5.65 Å². The lowest BCUT2D eigenvalue weighted by Crippen LogP contribution is -2.25. The predicted octanol–water partition coefficient (Wildman–Crippen LogP) is 0.609. The van der Waals surface area contributed by atoms with Crippen LogP contribution in [-0.4, -0.2) is 45.9 Å². The normalized spacial score (nSPS) is 22.4. The van der Waals surface area contributed by atoms with E-state index in [1.165, 1.54) is 13.4 Å². The van der Waals surface area contributed by atoms with Crippen LogP contribution in [0, 0.1) is 11.8 Å². The average molecular weight is 275 g/mol. The highest BCUT2D eigenvalue weighted by atomic mass is 16.5. The molecule has 2 aromatic heterocycles. The van der Waals surface area contributed by atoms with Gasteiger partial charge in [-0.15, -0.1) is 0 Å². The third-order valence-electron chi connectivity index (χ3n) is 3.92. The fourth-order valence-electron chi connectivity index (χ4n) is 2.80. The van der Waals surface area contributed by atoms with E-state index >= 15 is 0 Å². The second-order valence-electron chi connectivity index (χ2n) is 5.21. The number of aryl methyl sites for hydroxylation is 1. The number of hydrogen-bond acceptors (Lipinski definition) is 6. The van der Waals surface area contributed by atoms with Crippen LogP contribution in [0.2, 0.25) is 0 Å². The number of aromatic nitrogens is 4. The van der Waals surface area contributed by atoms with Crippen molar-refractivity contribution in [1.29, 1.82) is 0 Å². The molecule has 0 N–H and O–H groups in total. The summed E-state index contributed by atoms with van der Waals surface area (Å²) in [6.07, 6.45) is 3.30. The lowest BCUT2D eigenvalue weighted by atomic mass is 9.99. The van der Waals surface area contributed by atoms with Gasteiger partial charge in [0.05, 0.1) is 24.6 Å². The highest BCUT2D eigenvalue weighted by molar-refractivity contribution is 5.87. The molecule has 1 aliphatic rings. The Kier molecular flexibility index (Phi) is 3.04. The molecule has 2 aromatic rings. The smallest absolute Gasteiger partial charge is 0.310 e. The minimum Gasteiger partial charge on any atom is -0.469 e. The molecular formula is C13H17N5O2. The molecule has 2 atom stereocenters. The Labute approximate surface area is 116 Å². The van der Waals surface area contributed by atoms with Gasteiger partial charge in [-0.3, -0.25) is 9.48 Å². The van der Waals surface area contributed by atoms with Crippen LogP contribution in [0.3, 0.4) is 0 Å². The van der Waals surface area contributed by atoms with Crippen LogP contribution in [-0.2, 0) is 16.6 Å². The molecule has 1 aliphatic heterocycles. The standard InChI is InChI=1S/C13H17N5O2/c1-8-5-18(6-10(8)13(19)20-3)12-9-4-16-17(2)11(9)14-7-15-12/h4,7-8,10H,5-6H2,1-3H3. The molecule has 3 heterocycles. The Morgan fingerprint density at radius 2 is 2.20 bits per heavy atom. The molecule has 7 nitrogen and oxygen atoms in total. The quantitative estimate of drug-likeness (QED) is 0.748. The molecule has 1 saturated heterocycles. The number of methoxy groups -OCH3 is 1. The monoisotopic (exact) mass is 275 g/mol. The van der Waals surface area contributed by atoms with E-state index in [-0.39, 0.29) is 17.8 Å². The van der Waals surface area contributed by atoms with Crippen molar-refractivity contribution in [1.82, 2.24) is 19.7 Å². The molecule has 2 unspecified atom stereocenters. The average Bonchev–Trinajstić information content (AvgIpc) is 3.02.